The van der Waals surface area contributed by atoms with E-state index in [2.05, 4.69) is 24.3 Å². The highest BCUT2D eigenvalue weighted by molar-refractivity contribution is 5.87. The zero-order valence-corrected chi connectivity index (χ0v) is 34.9. The van der Waals surface area contributed by atoms with Crippen LogP contribution in [-0.2, 0) is 31.8 Å². The highest BCUT2D eigenvalue weighted by atomic mass is 16.5. The molecule has 2 aliphatic rings. The number of benzene rings is 4. The maximum Gasteiger partial charge on any atom is 0.333 e. The molecule has 0 unspecified atom stereocenters. The highest BCUT2D eigenvalue weighted by Gasteiger charge is 2.41. The van der Waals surface area contributed by atoms with Crippen LogP contribution < -0.4 is 28.4 Å². The lowest BCUT2D eigenvalue weighted by Gasteiger charge is -2.24. The summed E-state index contributed by atoms with van der Waals surface area (Å²) in [6.45, 7) is 5.10. The largest absolute Gasteiger partial charge is 0.493 e. The Labute approximate surface area is 342 Å². The van der Waals surface area contributed by atoms with Crippen LogP contribution in [0.15, 0.2) is 96.6 Å². The zero-order valence-electron chi connectivity index (χ0n) is 34.9. The third kappa shape index (κ3) is 10.4. The van der Waals surface area contributed by atoms with E-state index in [1.165, 1.54) is 11.1 Å². The molecule has 0 bridgehead atoms. The Morgan fingerprint density at radius 1 is 0.638 bits per heavy atom. The van der Waals surface area contributed by atoms with Crippen LogP contribution in [0.4, 0.5) is 0 Å². The quantitative estimate of drug-likeness (QED) is 0.0877. The lowest BCUT2D eigenvalue weighted by molar-refractivity contribution is -0.141. The molecule has 312 valence electrons. The molecule has 2 aliphatic heterocycles. The van der Waals surface area contributed by atoms with Gasteiger partial charge in [0.15, 0.2) is 23.0 Å². The average Bonchev–Trinajstić information content (AvgIpc) is 3.87. The van der Waals surface area contributed by atoms with Crippen molar-refractivity contribution in [2.24, 2.45) is 23.7 Å². The van der Waals surface area contributed by atoms with E-state index in [9.17, 15) is 9.90 Å². The van der Waals surface area contributed by atoms with E-state index in [4.69, 9.17) is 42.6 Å². The van der Waals surface area contributed by atoms with E-state index in [0.29, 0.717) is 53.3 Å². The van der Waals surface area contributed by atoms with E-state index < -0.39 is 0 Å². The monoisotopic (exact) mass is 798 g/mol. The summed E-state index contributed by atoms with van der Waals surface area (Å²) in [6, 6.07) is 28.2. The first kappa shape index (κ1) is 43.9. The lowest BCUT2D eigenvalue weighted by atomic mass is 9.84. The number of hydrogen-bond donors (Lipinski definition) is 1. The van der Waals surface area contributed by atoms with Crippen molar-refractivity contribution < 1.29 is 52.5 Å². The molecule has 58 heavy (non-hydrogen) atoms. The minimum Gasteiger partial charge on any atom is -0.493 e. The predicted molar refractivity (Wildman–Crippen MR) is 221 cm³/mol. The van der Waals surface area contributed by atoms with E-state index in [1.54, 1.807) is 55.7 Å². The van der Waals surface area contributed by atoms with Gasteiger partial charge in [-0.3, -0.25) is 0 Å². The Morgan fingerprint density at radius 2 is 1.03 bits per heavy atom. The Kier molecular flexibility index (Phi) is 16.3. The molecule has 0 radical (unpaired) electrons. The van der Waals surface area contributed by atoms with Crippen LogP contribution in [0.5, 0.6) is 34.5 Å². The smallest absolute Gasteiger partial charge is 0.333 e. The summed E-state index contributed by atoms with van der Waals surface area (Å²) in [7, 11) is 9.53. The van der Waals surface area contributed by atoms with Crippen molar-refractivity contribution in [3.63, 3.8) is 0 Å². The Balaban J connectivity index is 0.000000226. The molecule has 4 aromatic rings. The van der Waals surface area contributed by atoms with Crippen LogP contribution in [0.2, 0.25) is 0 Å². The van der Waals surface area contributed by atoms with Gasteiger partial charge >= 0.3 is 5.97 Å². The molecule has 0 amide bonds. The van der Waals surface area contributed by atoms with Crippen LogP contribution in [0.25, 0.3) is 0 Å². The fraction of sp³-hybridized carbons (Fsp3) is 0.426. The lowest BCUT2D eigenvalue weighted by Crippen LogP contribution is -2.24. The number of methoxy groups -OCH3 is 6. The Bertz CT molecular complexity index is 1880. The maximum absolute atomic E-state index is 12.3. The van der Waals surface area contributed by atoms with Gasteiger partial charge in [0.25, 0.3) is 0 Å². The van der Waals surface area contributed by atoms with Gasteiger partial charge in [0, 0.05) is 24.0 Å². The van der Waals surface area contributed by atoms with Gasteiger partial charge in [0.2, 0.25) is 11.5 Å². The zero-order chi connectivity index (χ0) is 41.6. The third-order valence-corrected chi connectivity index (χ3v) is 11.1. The number of rotatable bonds is 16. The highest BCUT2D eigenvalue weighted by Crippen LogP contribution is 2.47. The topological polar surface area (TPSA) is 120 Å². The number of hydrogen-bond acceptors (Lipinski definition) is 11. The summed E-state index contributed by atoms with van der Waals surface area (Å²) < 4.78 is 50.8. The van der Waals surface area contributed by atoms with E-state index >= 15 is 0 Å². The Hall–Kier alpha value is -5.23. The van der Waals surface area contributed by atoms with Crippen LogP contribution in [0.1, 0.15) is 48.3 Å². The summed E-state index contributed by atoms with van der Waals surface area (Å²) in [5.74, 6) is 3.54. The van der Waals surface area contributed by atoms with Crippen molar-refractivity contribution in [1.82, 2.24) is 0 Å². The summed E-state index contributed by atoms with van der Waals surface area (Å²) in [6.07, 6.45) is 3.00. The molecule has 0 saturated carbocycles. The van der Waals surface area contributed by atoms with Crippen molar-refractivity contribution in [2.75, 3.05) is 69.1 Å². The molecule has 6 rings (SSSR count). The fourth-order valence-electron chi connectivity index (χ4n) is 7.79. The van der Waals surface area contributed by atoms with Crippen molar-refractivity contribution in [1.29, 1.82) is 0 Å². The fourth-order valence-corrected chi connectivity index (χ4v) is 7.79. The average molecular weight is 799 g/mol. The molecule has 6 atom stereocenters. The predicted octanol–water partition coefficient (Wildman–Crippen LogP) is 8.02. The Morgan fingerprint density at radius 3 is 1.40 bits per heavy atom. The number of carbonyl (C=O) groups excluding carboxylic acids is 1. The maximum atomic E-state index is 12.3. The first-order chi connectivity index (χ1) is 28.2. The second kappa shape index (κ2) is 21.5. The normalized spacial score (nSPS) is 21.4. The van der Waals surface area contributed by atoms with Crippen molar-refractivity contribution in [3.05, 3.63) is 119 Å². The third-order valence-electron chi connectivity index (χ3n) is 11.1. The molecule has 4 aromatic carbocycles. The molecule has 0 aliphatic carbocycles. The molecule has 11 nitrogen and oxygen atoms in total. The first-order valence-corrected chi connectivity index (χ1v) is 19.6. The molecule has 11 heteroatoms. The standard InChI is InChI=1S/C26H32O6.C21H26O5/c1-6-17(2)26(27)32-16-21-20(12-18-10-8-7-9-11-18)15-31-24(21)19-13-22(28-3)25(30-5)23(14-19)29-4;1-23-18-10-15(11-19(24-2)21(18)25-3)20-17(12-22)16(13-26-20)9-14-7-5-4-6-8-14/h6-11,13-14,20-21,24H,12,15-16H2,1-5H3;4-8,10-11,16-17,20,22H,9,12-13H2,1-3H3/b17-6-;/t20-,21-,24+;16-,17-,20+/m00/s1. The van der Waals surface area contributed by atoms with Gasteiger partial charge in [-0.2, -0.15) is 0 Å². The first-order valence-electron chi connectivity index (χ1n) is 19.6. The molecule has 2 heterocycles. The molecule has 2 saturated heterocycles. The number of ether oxygens (including phenoxy) is 9. The van der Waals surface area contributed by atoms with Crippen molar-refractivity contribution in [2.45, 2.75) is 38.9 Å². The summed E-state index contributed by atoms with van der Waals surface area (Å²) >= 11 is 0. The molecule has 0 aromatic heterocycles. The summed E-state index contributed by atoms with van der Waals surface area (Å²) in [5.41, 5.74) is 4.90. The van der Waals surface area contributed by atoms with Gasteiger partial charge in [-0.1, -0.05) is 66.7 Å². The number of carbonyl (C=O) groups is 1. The van der Waals surface area contributed by atoms with Crippen molar-refractivity contribution in [3.8, 4) is 34.5 Å². The number of aliphatic hydroxyl groups is 1. The van der Waals surface area contributed by atoms with Crippen LogP contribution in [-0.4, -0.2) is 80.2 Å². The van der Waals surface area contributed by atoms with Crippen LogP contribution in [0.3, 0.4) is 0 Å². The second-order valence-corrected chi connectivity index (χ2v) is 14.4. The minimum atomic E-state index is -0.304. The van der Waals surface area contributed by atoms with Gasteiger partial charge in [0.1, 0.15) is 0 Å². The molecule has 2 fully saturated rings. The molecular weight excluding hydrogens is 741 g/mol. The van der Waals surface area contributed by atoms with E-state index in [1.807, 2.05) is 67.6 Å². The van der Waals surface area contributed by atoms with E-state index in [0.717, 1.165) is 24.0 Å². The van der Waals surface area contributed by atoms with Gasteiger partial charge in [0.05, 0.1) is 74.7 Å². The van der Waals surface area contributed by atoms with E-state index in [-0.39, 0.29) is 55.1 Å². The second-order valence-electron chi connectivity index (χ2n) is 14.4. The van der Waals surface area contributed by atoms with Crippen LogP contribution >= 0.6 is 0 Å². The number of esters is 1. The summed E-state index contributed by atoms with van der Waals surface area (Å²) in [4.78, 5) is 12.3. The molecule has 0 spiro atoms. The molecule has 1 N–H and O–H groups in total. The van der Waals surface area contributed by atoms with Gasteiger partial charge in [-0.15, -0.1) is 0 Å². The molecular formula is C47H58O11. The van der Waals surface area contributed by atoms with Crippen molar-refractivity contribution >= 4 is 5.97 Å². The van der Waals surface area contributed by atoms with Crippen LogP contribution in [0, 0.1) is 23.7 Å². The number of allylic oxidation sites excluding steroid dienone is 1. The number of aliphatic hydroxyl groups excluding tert-OH is 1. The van der Waals surface area contributed by atoms with Gasteiger partial charge < -0.3 is 47.7 Å². The van der Waals surface area contributed by atoms with Gasteiger partial charge in [-0.05, 0) is 85.0 Å². The minimum absolute atomic E-state index is 0.0120. The van der Waals surface area contributed by atoms with Gasteiger partial charge in [-0.25, -0.2) is 4.79 Å². The SMILES string of the molecule is C/C=C(/C)C(=O)OC[C@H]1[C@@H](Cc2ccccc2)CO[C@@H]1c1cc(OC)c(OC)c(OC)c1.COc1cc([C@H]2OC[C@H](Cc3ccccc3)[C@@H]2CO)cc(OC)c1OC. The summed E-state index contributed by atoms with van der Waals surface area (Å²) in [5, 5.41) is 10.0.